The van der Waals surface area contributed by atoms with Gasteiger partial charge in [-0.2, -0.15) is 0 Å². The van der Waals surface area contributed by atoms with E-state index in [4.69, 9.17) is 23.7 Å². The zero-order valence-electron chi connectivity index (χ0n) is 17.4. The number of esters is 1. The van der Waals surface area contributed by atoms with Gasteiger partial charge in [-0.05, 0) is 39.8 Å². The van der Waals surface area contributed by atoms with Gasteiger partial charge in [-0.1, -0.05) is 0 Å². The Hall–Kier alpha value is -2.48. The van der Waals surface area contributed by atoms with E-state index in [-0.39, 0.29) is 6.61 Å². The summed E-state index contributed by atoms with van der Waals surface area (Å²) in [6.07, 6.45) is -0.820. The van der Waals surface area contributed by atoms with E-state index in [1.165, 1.54) is 14.2 Å². The highest BCUT2D eigenvalue weighted by Gasteiger charge is 2.29. The smallest absolute Gasteiger partial charge is 0.410 e. The van der Waals surface area contributed by atoms with Crippen molar-refractivity contribution >= 4 is 12.1 Å². The molecule has 0 radical (unpaired) electrons. The number of morpholine rings is 1. The number of hydrogen-bond acceptors (Lipinski definition) is 7. The van der Waals surface area contributed by atoms with Gasteiger partial charge < -0.3 is 28.6 Å². The molecule has 1 aromatic rings. The average molecular weight is 395 g/mol. The largest absolute Gasteiger partial charge is 0.496 e. The summed E-state index contributed by atoms with van der Waals surface area (Å²) in [5.41, 5.74) is 0.547. The van der Waals surface area contributed by atoms with E-state index in [1.807, 2.05) is 27.7 Å². The second-order valence-corrected chi connectivity index (χ2v) is 7.52. The minimum Gasteiger partial charge on any atom is -0.496 e. The molecule has 1 aliphatic heterocycles. The Morgan fingerprint density at radius 3 is 2.32 bits per heavy atom. The van der Waals surface area contributed by atoms with Gasteiger partial charge in [0.15, 0.2) is 0 Å². The number of ether oxygens (including phenoxy) is 5. The first kappa shape index (κ1) is 21.8. The molecular formula is C20H29NO7. The van der Waals surface area contributed by atoms with Crippen molar-refractivity contribution in [2.75, 3.05) is 40.5 Å². The van der Waals surface area contributed by atoms with Gasteiger partial charge in [-0.3, -0.25) is 0 Å². The van der Waals surface area contributed by atoms with Crippen LogP contribution in [0.1, 0.15) is 36.7 Å². The van der Waals surface area contributed by atoms with Crippen LogP contribution in [0.2, 0.25) is 0 Å². The lowest BCUT2D eigenvalue weighted by Gasteiger charge is -2.33. The highest BCUT2D eigenvalue weighted by Crippen LogP contribution is 2.29. The van der Waals surface area contributed by atoms with Crippen molar-refractivity contribution in [1.82, 2.24) is 4.90 Å². The van der Waals surface area contributed by atoms with Crippen LogP contribution in [0.5, 0.6) is 11.5 Å². The van der Waals surface area contributed by atoms with E-state index in [1.54, 1.807) is 17.0 Å². The van der Waals surface area contributed by atoms with Gasteiger partial charge in [-0.25, -0.2) is 9.59 Å². The molecule has 1 saturated heterocycles. The van der Waals surface area contributed by atoms with Gasteiger partial charge in [-0.15, -0.1) is 0 Å². The lowest BCUT2D eigenvalue weighted by molar-refractivity contribution is -0.0638. The number of benzene rings is 1. The Labute approximate surface area is 165 Å². The Kier molecular flexibility index (Phi) is 7.12. The number of methoxy groups -OCH3 is 2. The minimum absolute atomic E-state index is 0.0244. The van der Waals surface area contributed by atoms with Gasteiger partial charge >= 0.3 is 12.1 Å². The van der Waals surface area contributed by atoms with E-state index < -0.39 is 23.8 Å². The molecule has 0 spiro atoms. The molecule has 0 N–H and O–H groups in total. The summed E-state index contributed by atoms with van der Waals surface area (Å²) in [5.74, 6) is 0.558. The highest BCUT2D eigenvalue weighted by atomic mass is 16.6. The SMILES string of the molecule is COc1cc(C(=O)OC[C@H]2CN(C(=O)OC(C)(C)C)CCO2)cc(OC)c1C. The zero-order valence-corrected chi connectivity index (χ0v) is 17.4. The van der Waals surface area contributed by atoms with Gasteiger partial charge in [0.1, 0.15) is 29.8 Å². The molecule has 8 heteroatoms. The summed E-state index contributed by atoms with van der Waals surface area (Å²) >= 11 is 0. The first-order chi connectivity index (χ1) is 13.1. The standard InChI is InChI=1S/C20H29NO7/c1-13-16(24-5)9-14(10-17(13)25-6)18(22)27-12-15-11-21(7-8-26-15)19(23)28-20(2,3)4/h9-10,15H,7-8,11-12H2,1-6H3/t15-/m1/s1. The quantitative estimate of drug-likeness (QED) is 0.709. The third-order valence-corrected chi connectivity index (χ3v) is 4.18. The fourth-order valence-electron chi connectivity index (χ4n) is 2.77. The summed E-state index contributed by atoms with van der Waals surface area (Å²) in [6.45, 7) is 8.39. The van der Waals surface area contributed by atoms with E-state index in [9.17, 15) is 9.59 Å². The second-order valence-electron chi connectivity index (χ2n) is 7.52. The fraction of sp³-hybridized carbons (Fsp3) is 0.600. The number of amides is 1. The summed E-state index contributed by atoms with van der Waals surface area (Å²) in [4.78, 5) is 26.2. The van der Waals surface area contributed by atoms with Crippen LogP contribution in [0.15, 0.2) is 12.1 Å². The molecule has 0 aromatic heterocycles. The van der Waals surface area contributed by atoms with E-state index >= 15 is 0 Å². The highest BCUT2D eigenvalue weighted by molar-refractivity contribution is 5.90. The van der Waals surface area contributed by atoms with Crippen LogP contribution < -0.4 is 9.47 Å². The summed E-state index contributed by atoms with van der Waals surface area (Å²) in [7, 11) is 3.05. The topological polar surface area (TPSA) is 83.5 Å². The van der Waals surface area contributed by atoms with Crippen molar-refractivity contribution < 1.29 is 33.3 Å². The first-order valence-electron chi connectivity index (χ1n) is 9.14. The number of carbonyl (C=O) groups excluding carboxylic acids is 2. The van der Waals surface area contributed by atoms with Crippen molar-refractivity contribution in [3.05, 3.63) is 23.3 Å². The van der Waals surface area contributed by atoms with Crippen molar-refractivity contribution in [2.45, 2.75) is 39.4 Å². The van der Waals surface area contributed by atoms with Crippen LogP contribution in [0.3, 0.4) is 0 Å². The van der Waals surface area contributed by atoms with Gasteiger partial charge in [0.25, 0.3) is 0 Å². The number of carbonyl (C=O) groups is 2. The van der Waals surface area contributed by atoms with E-state index in [2.05, 4.69) is 0 Å². The Morgan fingerprint density at radius 2 is 1.79 bits per heavy atom. The first-order valence-corrected chi connectivity index (χ1v) is 9.14. The normalized spacial score (nSPS) is 17.1. The van der Waals surface area contributed by atoms with Crippen molar-refractivity contribution in [3.8, 4) is 11.5 Å². The van der Waals surface area contributed by atoms with Crippen LogP contribution in [-0.2, 0) is 14.2 Å². The number of nitrogens with zero attached hydrogens (tertiary/aromatic N) is 1. The molecule has 0 bridgehead atoms. The lowest BCUT2D eigenvalue weighted by Crippen LogP contribution is -2.49. The van der Waals surface area contributed by atoms with Crippen LogP contribution in [-0.4, -0.2) is 69.2 Å². The molecular weight excluding hydrogens is 366 g/mol. The zero-order chi connectivity index (χ0) is 20.9. The molecule has 28 heavy (non-hydrogen) atoms. The Bertz CT molecular complexity index is 686. The lowest BCUT2D eigenvalue weighted by atomic mass is 10.1. The Morgan fingerprint density at radius 1 is 1.18 bits per heavy atom. The summed E-state index contributed by atoms with van der Waals surface area (Å²) < 4.78 is 26.9. The third-order valence-electron chi connectivity index (χ3n) is 4.18. The van der Waals surface area contributed by atoms with Crippen molar-refractivity contribution in [2.24, 2.45) is 0 Å². The van der Waals surface area contributed by atoms with Crippen LogP contribution in [0.25, 0.3) is 0 Å². The molecule has 1 heterocycles. The molecule has 1 amide bonds. The maximum absolute atomic E-state index is 12.4. The van der Waals surface area contributed by atoms with Crippen LogP contribution in [0.4, 0.5) is 4.79 Å². The molecule has 8 nitrogen and oxygen atoms in total. The van der Waals surface area contributed by atoms with E-state index in [0.717, 1.165) is 5.56 Å². The summed E-state index contributed by atoms with van der Waals surface area (Å²) in [5, 5.41) is 0. The molecule has 1 atom stereocenters. The third kappa shape index (κ3) is 5.76. The fourth-order valence-corrected chi connectivity index (χ4v) is 2.77. The molecule has 1 aliphatic rings. The molecule has 0 unspecified atom stereocenters. The second kappa shape index (κ2) is 9.14. The number of hydrogen-bond donors (Lipinski definition) is 0. The van der Waals surface area contributed by atoms with Crippen LogP contribution >= 0.6 is 0 Å². The minimum atomic E-state index is -0.569. The summed E-state index contributed by atoms with van der Waals surface area (Å²) in [6, 6.07) is 3.21. The molecule has 0 saturated carbocycles. The predicted molar refractivity (Wildman–Crippen MR) is 102 cm³/mol. The maximum Gasteiger partial charge on any atom is 0.410 e. The molecule has 2 rings (SSSR count). The molecule has 1 aromatic carbocycles. The molecule has 156 valence electrons. The van der Waals surface area contributed by atoms with Crippen LogP contribution in [0, 0.1) is 6.92 Å². The van der Waals surface area contributed by atoms with Crippen molar-refractivity contribution in [1.29, 1.82) is 0 Å². The Balaban J connectivity index is 1.96. The number of rotatable bonds is 5. The van der Waals surface area contributed by atoms with Crippen molar-refractivity contribution in [3.63, 3.8) is 0 Å². The van der Waals surface area contributed by atoms with Gasteiger partial charge in [0.2, 0.25) is 0 Å². The van der Waals surface area contributed by atoms with Gasteiger partial charge in [0, 0.05) is 12.1 Å². The molecule has 1 fully saturated rings. The van der Waals surface area contributed by atoms with Gasteiger partial charge in [0.05, 0.1) is 32.9 Å². The maximum atomic E-state index is 12.4. The van der Waals surface area contributed by atoms with E-state index in [0.29, 0.717) is 36.8 Å². The average Bonchev–Trinajstić information content (AvgIpc) is 2.65. The monoisotopic (exact) mass is 395 g/mol. The predicted octanol–water partition coefficient (Wildman–Crippen LogP) is 2.80. The molecule has 0 aliphatic carbocycles.